The third-order valence-corrected chi connectivity index (χ3v) is 5.49. The first-order chi connectivity index (χ1) is 14.2. The van der Waals surface area contributed by atoms with E-state index in [-0.39, 0.29) is 5.91 Å². The topological polar surface area (TPSA) is 67.0 Å². The Hall–Kier alpha value is -3.25. The van der Waals surface area contributed by atoms with Gasteiger partial charge < -0.3 is 15.0 Å². The number of carbonyl (C=O) groups excluding carboxylic acids is 1. The average molecular weight is 404 g/mol. The zero-order valence-corrected chi connectivity index (χ0v) is 16.8. The second-order valence-electron chi connectivity index (χ2n) is 6.58. The molecular weight excluding hydrogens is 382 g/mol. The van der Waals surface area contributed by atoms with Gasteiger partial charge in [-0.2, -0.15) is 0 Å². The smallest absolute Gasteiger partial charge is 0.251 e. The van der Waals surface area contributed by atoms with Crippen molar-refractivity contribution in [1.82, 2.24) is 15.3 Å². The molecule has 0 bridgehead atoms. The average Bonchev–Trinajstić information content (AvgIpc) is 3.19. The van der Waals surface area contributed by atoms with Gasteiger partial charge in [0.05, 0.1) is 18.1 Å². The molecule has 1 aromatic heterocycles. The number of benzene rings is 3. The van der Waals surface area contributed by atoms with Crippen LogP contribution in [0.15, 0.2) is 78.0 Å². The Balaban J connectivity index is 1.32. The van der Waals surface area contributed by atoms with E-state index < -0.39 is 0 Å². The van der Waals surface area contributed by atoms with Gasteiger partial charge in [-0.3, -0.25) is 4.79 Å². The maximum atomic E-state index is 12.4. The number of H-pyrrole nitrogens is 1. The number of hydrogen-bond donors (Lipinski definition) is 2. The molecule has 2 N–H and O–H groups in total. The predicted molar refractivity (Wildman–Crippen MR) is 116 cm³/mol. The largest absolute Gasteiger partial charge is 0.497 e. The lowest BCUT2D eigenvalue weighted by Gasteiger charge is -2.08. The zero-order chi connectivity index (χ0) is 20.1. The molecule has 0 aliphatic carbocycles. The molecule has 5 nitrogen and oxygen atoms in total. The molecule has 0 radical (unpaired) electrons. The van der Waals surface area contributed by atoms with E-state index in [4.69, 9.17) is 4.74 Å². The van der Waals surface area contributed by atoms with Crippen molar-refractivity contribution in [2.45, 2.75) is 17.5 Å². The molecule has 6 heteroatoms. The van der Waals surface area contributed by atoms with E-state index in [9.17, 15) is 4.79 Å². The highest BCUT2D eigenvalue weighted by Crippen LogP contribution is 2.23. The molecule has 1 amide bonds. The number of aromatic amines is 1. The predicted octanol–water partition coefficient (Wildman–Crippen LogP) is 4.79. The number of amides is 1. The summed E-state index contributed by atoms with van der Waals surface area (Å²) in [7, 11) is 1.63. The van der Waals surface area contributed by atoms with Crippen LogP contribution in [-0.4, -0.2) is 23.0 Å². The highest BCUT2D eigenvalue weighted by atomic mass is 32.2. The van der Waals surface area contributed by atoms with Crippen LogP contribution >= 0.6 is 11.8 Å². The van der Waals surface area contributed by atoms with E-state index in [2.05, 4.69) is 15.3 Å². The minimum absolute atomic E-state index is 0.0932. The molecule has 0 spiro atoms. The van der Waals surface area contributed by atoms with E-state index >= 15 is 0 Å². The molecule has 0 atom stereocenters. The van der Waals surface area contributed by atoms with Crippen molar-refractivity contribution in [3.8, 4) is 5.75 Å². The van der Waals surface area contributed by atoms with Gasteiger partial charge in [-0.25, -0.2) is 4.98 Å². The van der Waals surface area contributed by atoms with Crippen molar-refractivity contribution in [2.24, 2.45) is 0 Å². The second-order valence-corrected chi connectivity index (χ2v) is 7.54. The van der Waals surface area contributed by atoms with Crippen LogP contribution in [0, 0.1) is 0 Å². The molecule has 4 aromatic rings. The fourth-order valence-electron chi connectivity index (χ4n) is 2.97. The fraction of sp³-hybridized carbons (Fsp3) is 0.130. The van der Waals surface area contributed by atoms with Crippen molar-refractivity contribution in [2.75, 3.05) is 7.11 Å². The van der Waals surface area contributed by atoms with Crippen molar-refractivity contribution in [1.29, 1.82) is 0 Å². The number of methoxy groups -OCH3 is 1. The maximum Gasteiger partial charge on any atom is 0.251 e. The van der Waals surface area contributed by atoms with Gasteiger partial charge in [0.25, 0.3) is 5.91 Å². The van der Waals surface area contributed by atoms with Crippen LogP contribution in [0.3, 0.4) is 0 Å². The summed E-state index contributed by atoms with van der Waals surface area (Å²) in [5, 5.41) is 3.84. The summed E-state index contributed by atoms with van der Waals surface area (Å²) >= 11 is 1.65. The summed E-state index contributed by atoms with van der Waals surface area (Å²) < 4.78 is 5.21. The van der Waals surface area contributed by atoms with Gasteiger partial charge in [-0.1, -0.05) is 48.2 Å². The summed E-state index contributed by atoms with van der Waals surface area (Å²) in [6.07, 6.45) is 0. The van der Waals surface area contributed by atoms with E-state index in [0.29, 0.717) is 12.1 Å². The molecule has 0 saturated heterocycles. The van der Waals surface area contributed by atoms with Crippen molar-refractivity contribution >= 4 is 28.7 Å². The number of aromatic nitrogens is 2. The number of nitrogens with one attached hydrogen (secondary N) is 2. The molecule has 146 valence electrons. The number of para-hydroxylation sites is 2. The van der Waals surface area contributed by atoms with Crippen molar-refractivity contribution < 1.29 is 9.53 Å². The number of fused-ring (bicyclic) bond motifs is 1. The molecule has 0 aliphatic heterocycles. The Kier molecular flexibility index (Phi) is 5.81. The molecule has 0 saturated carbocycles. The maximum absolute atomic E-state index is 12.4. The first kappa shape index (κ1) is 19.1. The summed E-state index contributed by atoms with van der Waals surface area (Å²) in [6.45, 7) is 0.458. The first-order valence-electron chi connectivity index (χ1n) is 9.29. The fourth-order valence-corrected chi connectivity index (χ4v) is 3.81. The molecule has 4 rings (SSSR count). The molecular formula is C23H21N3O2S. The Bertz CT molecular complexity index is 1090. The van der Waals surface area contributed by atoms with Gasteiger partial charge in [-0.05, 0) is 47.5 Å². The summed E-state index contributed by atoms with van der Waals surface area (Å²) in [5.74, 6) is 1.47. The SMILES string of the molecule is COc1cccc(CNC(=O)c2ccc(CSc3nc4ccccc4[nH]3)cc2)c1. The number of rotatable bonds is 7. The lowest BCUT2D eigenvalue weighted by molar-refractivity contribution is 0.0951. The number of carbonyl (C=O) groups is 1. The Labute approximate surface area is 173 Å². The highest BCUT2D eigenvalue weighted by molar-refractivity contribution is 7.98. The van der Waals surface area contributed by atoms with Crippen LogP contribution in [0.25, 0.3) is 11.0 Å². The zero-order valence-electron chi connectivity index (χ0n) is 16.0. The van der Waals surface area contributed by atoms with E-state index in [1.54, 1.807) is 18.9 Å². The van der Waals surface area contributed by atoms with Crippen LogP contribution in [0.2, 0.25) is 0 Å². The standard InChI is InChI=1S/C23H21N3O2S/c1-28-19-6-4-5-17(13-19)14-24-22(27)18-11-9-16(10-12-18)15-29-23-25-20-7-2-3-8-21(20)26-23/h2-13H,14-15H2,1H3,(H,24,27)(H,25,26). The van der Waals surface area contributed by atoms with Crippen LogP contribution in [0.1, 0.15) is 21.5 Å². The Morgan fingerprint density at radius 3 is 2.66 bits per heavy atom. The molecule has 0 unspecified atom stereocenters. The van der Waals surface area contributed by atoms with Gasteiger partial charge in [0.15, 0.2) is 5.16 Å². The summed E-state index contributed by atoms with van der Waals surface area (Å²) in [6, 6.07) is 23.3. The molecule has 0 fully saturated rings. The van der Waals surface area contributed by atoms with Gasteiger partial charge >= 0.3 is 0 Å². The lowest BCUT2D eigenvalue weighted by Crippen LogP contribution is -2.22. The number of nitrogens with zero attached hydrogens (tertiary/aromatic N) is 1. The van der Waals surface area contributed by atoms with Crippen molar-refractivity contribution in [3.63, 3.8) is 0 Å². The van der Waals surface area contributed by atoms with E-state index in [1.807, 2.05) is 72.8 Å². The second kappa shape index (κ2) is 8.84. The monoisotopic (exact) mass is 403 g/mol. The number of ether oxygens (including phenoxy) is 1. The molecule has 0 aliphatic rings. The molecule has 29 heavy (non-hydrogen) atoms. The minimum Gasteiger partial charge on any atom is -0.497 e. The Morgan fingerprint density at radius 2 is 1.86 bits per heavy atom. The van der Waals surface area contributed by atoms with Gasteiger partial charge in [0.2, 0.25) is 0 Å². The highest BCUT2D eigenvalue weighted by Gasteiger charge is 2.07. The summed E-state index contributed by atoms with van der Waals surface area (Å²) in [5.41, 5.74) is 4.79. The van der Waals surface area contributed by atoms with Crippen LogP contribution in [0.5, 0.6) is 5.75 Å². The molecule has 1 heterocycles. The van der Waals surface area contributed by atoms with Crippen LogP contribution < -0.4 is 10.1 Å². The molecule has 3 aromatic carbocycles. The Morgan fingerprint density at radius 1 is 1.03 bits per heavy atom. The number of thioether (sulfide) groups is 1. The van der Waals surface area contributed by atoms with Gasteiger partial charge in [-0.15, -0.1) is 0 Å². The van der Waals surface area contributed by atoms with Crippen LogP contribution in [-0.2, 0) is 12.3 Å². The van der Waals surface area contributed by atoms with Crippen molar-refractivity contribution in [3.05, 3.63) is 89.5 Å². The van der Waals surface area contributed by atoms with E-state index in [0.717, 1.165) is 38.8 Å². The number of imidazole rings is 1. The summed E-state index contributed by atoms with van der Waals surface area (Å²) in [4.78, 5) is 20.3. The minimum atomic E-state index is -0.0932. The lowest BCUT2D eigenvalue weighted by atomic mass is 10.1. The quantitative estimate of drug-likeness (QED) is 0.435. The third kappa shape index (κ3) is 4.78. The number of hydrogen-bond acceptors (Lipinski definition) is 4. The van der Waals surface area contributed by atoms with Gasteiger partial charge in [0.1, 0.15) is 5.75 Å². The normalized spacial score (nSPS) is 10.8. The third-order valence-electron chi connectivity index (χ3n) is 4.55. The first-order valence-corrected chi connectivity index (χ1v) is 10.3. The van der Waals surface area contributed by atoms with E-state index in [1.165, 1.54) is 0 Å². The van der Waals surface area contributed by atoms with Gasteiger partial charge in [0, 0.05) is 17.9 Å². The van der Waals surface area contributed by atoms with Crippen LogP contribution in [0.4, 0.5) is 0 Å².